The van der Waals surface area contributed by atoms with E-state index in [0.29, 0.717) is 0 Å². The number of nitrogens with zero attached hydrogens (tertiary/aromatic N) is 3. The van der Waals surface area contributed by atoms with Gasteiger partial charge in [-0.05, 0) is 58.0 Å². The molecule has 3 aromatic heterocycles. The standard InChI is InChI=1S/C19H23N3O2.ClH/c1-13(2)22(14(3)4)18(23)12-21-16(17-8-6-10-24-17)11-15-7-5-9-20-19(15)21;/h5-11,13-14H,12H2,1-4H3;1H. The van der Waals surface area contributed by atoms with E-state index in [1.807, 2.05) is 67.5 Å². The van der Waals surface area contributed by atoms with Crippen LogP contribution in [0.25, 0.3) is 22.5 Å². The first kappa shape index (κ1) is 19.1. The average molecular weight is 362 g/mol. The van der Waals surface area contributed by atoms with Crippen LogP contribution >= 0.6 is 12.4 Å². The Balaban J connectivity index is 0.00000225. The zero-order valence-corrected chi connectivity index (χ0v) is 15.8. The van der Waals surface area contributed by atoms with Crippen molar-refractivity contribution < 1.29 is 9.21 Å². The van der Waals surface area contributed by atoms with Gasteiger partial charge in [-0.3, -0.25) is 4.79 Å². The molecule has 0 fully saturated rings. The van der Waals surface area contributed by atoms with E-state index in [-0.39, 0.29) is 36.9 Å². The molecule has 0 bridgehead atoms. The third-order valence-corrected chi connectivity index (χ3v) is 4.12. The average Bonchev–Trinajstić information content (AvgIpc) is 3.14. The molecule has 134 valence electrons. The number of hydrogen-bond donors (Lipinski definition) is 0. The molecule has 0 aliphatic carbocycles. The van der Waals surface area contributed by atoms with Crippen LogP contribution in [-0.2, 0) is 11.3 Å². The Morgan fingerprint density at radius 3 is 2.52 bits per heavy atom. The SMILES string of the molecule is CC(C)N(C(=O)Cn1c(-c2ccco2)cc2cccnc21)C(C)C.Cl. The molecule has 0 spiro atoms. The molecule has 0 radical (unpaired) electrons. The molecule has 25 heavy (non-hydrogen) atoms. The first-order valence-electron chi connectivity index (χ1n) is 8.28. The summed E-state index contributed by atoms with van der Waals surface area (Å²) in [5, 5.41) is 0.998. The first-order chi connectivity index (χ1) is 11.5. The van der Waals surface area contributed by atoms with Crippen molar-refractivity contribution in [3.8, 4) is 11.5 Å². The number of rotatable bonds is 5. The smallest absolute Gasteiger partial charge is 0.243 e. The number of carbonyl (C=O) groups excluding carboxylic acids is 1. The molecule has 1 amide bonds. The van der Waals surface area contributed by atoms with Gasteiger partial charge >= 0.3 is 0 Å². The lowest BCUT2D eigenvalue weighted by molar-refractivity contribution is -0.135. The van der Waals surface area contributed by atoms with E-state index in [4.69, 9.17) is 4.42 Å². The van der Waals surface area contributed by atoms with Gasteiger partial charge in [0, 0.05) is 23.7 Å². The molecule has 0 N–H and O–H groups in total. The van der Waals surface area contributed by atoms with Crippen LogP contribution in [0.5, 0.6) is 0 Å². The van der Waals surface area contributed by atoms with Crippen LogP contribution in [0.3, 0.4) is 0 Å². The maximum atomic E-state index is 12.9. The van der Waals surface area contributed by atoms with Gasteiger partial charge in [0.15, 0.2) is 0 Å². The third-order valence-electron chi connectivity index (χ3n) is 4.12. The van der Waals surface area contributed by atoms with Crippen molar-refractivity contribution in [2.45, 2.75) is 46.3 Å². The summed E-state index contributed by atoms with van der Waals surface area (Å²) >= 11 is 0. The zero-order valence-electron chi connectivity index (χ0n) is 15.0. The molecule has 5 nitrogen and oxygen atoms in total. The molecule has 6 heteroatoms. The molecule has 0 aliphatic rings. The summed E-state index contributed by atoms with van der Waals surface area (Å²) in [6, 6.07) is 9.97. The van der Waals surface area contributed by atoms with Crippen molar-refractivity contribution in [1.82, 2.24) is 14.5 Å². The van der Waals surface area contributed by atoms with Crippen LogP contribution in [0.15, 0.2) is 47.2 Å². The number of carbonyl (C=O) groups is 1. The molecule has 0 saturated heterocycles. The predicted octanol–water partition coefficient (Wildman–Crippen LogP) is 4.36. The minimum Gasteiger partial charge on any atom is -0.463 e. The fraction of sp³-hybridized carbons (Fsp3) is 0.368. The van der Waals surface area contributed by atoms with E-state index >= 15 is 0 Å². The number of halogens is 1. The van der Waals surface area contributed by atoms with Gasteiger partial charge in [0.2, 0.25) is 5.91 Å². The lowest BCUT2D eigenvalue weighted by Gasteiger charge is -2.31. The van der Waals surface area contributed by atoms with Crippen LogP contribution in [-0.4, -0.2) is 32.4 Å². The normalized spacial score (nSPS) is 11.1. The summed E-state index contributed by atoms with van der Waals surface area (Å²) in [6.07, 6.45) is 3.39. The van der Waals surface area contributed by atoms with Crippen molar-refractivity contribution in [2.75, 3.05) is 0 Å². The van der Waals surface area contributed by atoms with Gasteiger partial charge in [-0.25, -0.2) is 4.98 Å². The van der Waals surface area contributed by atoms with E-state index in [1.54, 1.807) is 12.5 Å². The predicted molar refractivity (Wildman–Crippen MR) is 102 cm³/mol. The van der Waals surface area contributed by atoms with Crippen LogP contribution in [0.4, 0.5) is 0 Å². The Morgan fingerprint density at radius 1 is 1.20 bits per heavy atom. The van der Waals surface area contributed by atoms with E-state index in [9.17, 15) is 4.79 Å². The number of furan rings is 1. The summed E-state index contributed by atoms with van der Waals surface area (Å²) in [5.41, 5.74) is 1.67. The first-order valence-corrected chi connectivity index (χ1v) is 8.28. The molecule has 3 rings (SSSR count). The summed E-state index contributed by atoms with van der Waals surface area (Å²) in [6.45, 7) is 8.40. The quantitative estimate of drug-likeness (QED) is 0.678. The number of pyridine rings is 1. The highest BCUT2D eigenvalue weighted by Gasteiger charge is 2.23. The fourth-order valence-electron chi connectivity index (χ4n) is 3.26. The topological polar surface area (TPSA) is 51.3 Å². The molecular weight excluding hydrogens is 338 g/mol. The number of amides is 1. The molecule has 0 aliphatic heterocycles. The van der Waals surface area contributed by atoms with Gasteiger partial charge in [-0.2, -0.15) is 0 Å². The maximum Gasteiger partial charge on any atom is 0.243 e. The van der Waals surface area contributed by atoms with Crippen molar-refractivity contribution in [1.29, 1.82) is 0 Å². The Labute approximate surface area is 154 Å². The molecular formula is C19H24ClN3O2. The Kier molecular flexibility index (Phi) is 5.90. The van der Waals surface area contributed by atoms with Crippen molar-refractivity contribution in [2.24, 2.45) is 0 Å². The highest BCUT2D eigenvalue weighted by atomic mass is 35.5. The second-order valence-corrected chi connectivity index (χ2v) is 6.50. The van der Waals surface area contributed by atoms with E-state index in [2.05, 4.69) is 4.98 Å². The molecule has 0 saturated carbocycles. The molecule has 0 unspecified atom stereocenters. The second kappa shape index (κ2) is 7.74. The van der Waals surface area contributed by atoms with Crippen LogP contribution < -0.4 is 0 Å². The van der Waals surface area contributed by atoms with E-state index in [1.165, 1.54) is 0 Å². The second-order valence-electron chi connectivity index (χ2n) is 6.50. The number of aromatic nitrogens is 2. The maximum absolute atomic E-state index is 12.9. The summed E-state index contributed by atoms with van der Waals surface area (Å²) in [7, 11) is 0. The summed E-state index contributed by atoms with van der Waals surface area (Å²) < 4.78 is 7.49. The van der Waals surface area contributed by atoms with Crippen molar-refractivity contribution >= 4 is 29.3 Å². The number of hydrogen-bond acceptors (Lipinski definition) is 3. The monoisotopic (exact) mass is 361 g/mol. The van der Waals surface area contributed by atoms with E-state index < -0.39 is 0 Å². The molecule has 0 atom stereocenters. The van der Waals surface area contributed by atoms with Crippen LogP contribution in [0.2, 0.25) is 0 Å². The largest absolute Gasteiger partial charge is 0.463 e. The van der Waals surface area contributed by atoms with Crippen molar-refractivity contribution in [3.05, 3.63) is 42.8 Å². The van der Waals surface area contributed by atoms with Crippen LogP contribution in [0.1, 0.15) is 27.7 Å². The third kappa shape index (κ3) is 3.71. The van der Waals surface area contributed by atoms with Gasteiger partial charge < -0.3 is 13.9 Å². The Bertz CT molecular complexity index is 830. The van der Waals surface area contributed by atoms with E-state index in [0.717, 1.165) is 22.5 Å². The summed E-state index contributed by atoms with van der Waals surface area (Å²) in [5.74, 6) is 0.817. The highest BCUT2D eigenvalue weighted by molar-refractivity contribution is 5.86. The molecule has 0 aromatic carbocycles. The highest BCUT2D eigenvalue weighted by Crippen LogP contribution is 2.27. The molecule has 3 aromatic rings. The van der Waals surface area contributed by atoms with Crippen LogP contribution in [0, 0.1) is 0 Å². The summed E-state index contributed by atoms with van der Waals surface area (Å²) in [4.78, 5) is 19.3. The fourth-order valence-corrected chi connectivity index (χ4v) is 3.26. The zero-order chi connectivity index (χ0) is 17.3. The van der Waals surface area contributed by atoms with Gasteiger partial charge in [0.1, 0.15) is 18.0 Å². The Morgan fingerprint density at radius 2 is 1.92 bits per heavy atom. The number of fused-ring (bicyclic) bond motifs is 1. The molecule has 3 heterocycles. The van der Waals surface area contributed by atoms with Gasteiger partial charge in [0.05, 0.1) is 12.0 Å². The van der Waals surface area contributed by atoms with Gasteiger partial charge in [-0.15, -0.1) is 12.4 Å². The minimum absolute atomic E-state index is 0. The minimum atomic E-state index is 0. The van der Waals surface area contributed by atoms with Gasteiger partial charge in [0.25, 0.3) is 0 Å². The lowest BCUT2D eigenvalue weighted by atomic mass is 10.2. The lowest BCUT2D eigenvalue weighted by Crippen LogP contribution is -2.43. The van der Waals surface area contributed by atoms with Crippen molar-refractivity contribution in [3.63, 3.8) is 0 Å². The Hall–Kier alpha value is -2.27. The van der Waals surface area contributed by atoms with Gasteiger partial charge in [-0.1, -0.05) is 0 Å².